The fourth-order valence-electron chi connectivity index (χ4n) is 2.17. The number of carboxylic acids is 1. The van der Waals surface area contributed by atoms with Crippen molar-refractivity contribution < 1.29 is 18.3 Å². The van der Waals surface area contributed by atoms with Gasteiger partial charge in [0, 0.05) is 12.6 Å². The van der Waals surface area contributed by atoms with Crippen LogP contribution in [0, 0.1) is 6.92 Å². The normalized spacial score (nSPS) is 21.3. The molecular formula is C11H15NO4S2. The maximum atomic E-state index is 12.4. The lowest BCUT2D eigenvalue weighted by Crippen LogP contribution is -2.33. The van der Waals surface area contributed by atoms with E-state index in [2.05, 4.69) is 0 Å². The molecule has 2 rings (SSSR count). The zero-order chi connectivity index (χ0) is 13.5. The largest absolute Gasteiger partial charge is 0.477 e. The number of nitrogens with zero attached hydrogens (tertiary/aromatic N) is 1. The molecule has 100 valence electrons. The fourth-order valence-corrected chi connectivity index (χ4v) is 5.38. The number of sulfonamides is 1. The van der Waals surface area contributed by atoms with Gasteiger partial charge in [-0.3, -0.25) is 0 Å². The summed E-state index contributed by atoms with van der Waals surface area (Å²) in [6, 6.07) is 1.44. The van der Waals surface area contributed by atoms with E-state index >= 15 is 0 Å². The molecule has 1 unspecified atom stereocenters. The molecule has 0 spiro atoms. The van der Waals surface area contributed by atoms with Gasteiger partial charge < -0.3 is 5.11 Å². The third-order valence-corrected chi connectivity index (χ3v) is 6.83. The van der Waals surface area contributed by atoms with Gasteiger partial charge in [0.1, 0.15) is 9.09 Å². The topological polar surface area (TPSA) is 74.7 Å². The fraction of sp³-hybridized carbons (Fsp3) is 0.545. The summed E-state index contributed by atoms with van der Waals surface area (Å²) >= 11 is 0.834. The van der Waals surface area contributed by atoms with E-state index in [9.17, 15) is 13.2 Å². The Labute approximate surface area is 110 Å². The highest BCUT2D eigenvalue weighted by molar-refractivity contribution is 7.91. The first-order valence-corrected chi connectivity index (χ1v) is 7.95. The number of thiophene rings is 1. The van der Waals surface area contributed by atoms with Gasteiger partial charge in [-0.25, -0.2) is 13.2 Å². The first kappa shape index (κ1) is 13.5. The number of aromatic carboxylic acids is 1. The van der Waals surface area contributed by atoms with Crippen LogP contribution >= 0.6 is 11.3 Å². The van der Waals surface area contributed by atoms with Crippen LogP contribution < -0.4 is 0 Å². The van der Waals surface area contributed by atoms with Gasteiger partial charge in [0.15, 0.2) is 0 Å². The SMILES string of the molecule is Cc1cc(S(=O)(=O)N2CCCC2C)sc1C(=O)O. The van der Waals surface area contributed by atoms with Gasteiger partial charge >= 0.3 is 5.97 Å². The molecule has 1 aliphatic heterocycles. The third kappa shape index (κ3) is 2.17. The minimum atomic E-state index is -3.53. The molecule has 1 atom stereocenters. The number of hydrogen-bond acceptors (Lipinski definition) is 4. The Hall–Kier alpha value is -0.920. The van der Waals surface area contributed by atoms with Gasteiger partial charge in [-0.05, 0) is 38.3 Å². The van der Waals surface area contributed by atoms with Crippen LogP contribution in [-0.4, -0.2) is 36.4 Å². The van der Waals surface area contributed by atoms with Crippen molar-refractivity contribution in [3.8, 4) is 0 Å². The summed E-state index contributed by atoms with van der Waals surface area (Å²) in [5.41, 5.74) is 0.498. The summed E-state index contributed by atoms with van der Waals surface area (Å²) in [5.74, 6) is -1.08. The highest BCUT2D eigenvalue weighted by atomic mass is 32.2. The summed E-state index contributed by atoms with van der Waals surface area (Å²) in [5, 5.41) is 8.96. The van der Waals surface area contributed by atoms with Crippen LogP contribution in [0.1, 0.15) is 35.0 Å². The summed E-state index contributed by atoms with van der Waals surface area (Å²) < 4.78 is 26.3. The summed E-state index contributed by atoms with van der Waals surface area (Å²) in [4.78, 5) is 11.0. The molecule has 0 bridgehead atoms. The third-order valence-electron chi connectivity index (χ3n) is 3.14. The molecule has 1 saturated heterocycles. The monoisotopic (exact) mass is 289 g/mol. The van der Waals surface area contributed by atoms with Gasteiger partial charge in [0.25, 0.3) is 10.0 Å². The smallest absolute Gasteiger partial charge is 0.346 e. The minimum absolute atomic E-state index is 0.00863. The lowest BCUT2D eigenvalue weighted by Gasteiger charge is -2.19. The zero-order valence-corrected chi connectivity index (χ0v) is 11.8. The number of aryl methyl sites for hydroxylation is 1. The molecule has 5 nitrogen and oxygen atoms in total. The first-order chi connectivity index (χ1) is 8.34. The van der Waals surface area contributed by atoms with Gasteiger partial charge in [0.05, 0.1) is 0 Å². The molecule has 18 heavy (non-hydrogen) atoms. The number of rotatable bonds is 3. The Kier molecular flexibility index (Phi) is 3.48. The quantitative estimate of drug-likeness (QED) is 0.922. The van der Waals surface area contributed by atoms with Crippen molar-refractivity contribution in [2.45, 2.75) is 36.9 Å². The minimum Gasteiger partial charge on any atom is -0.477 e. The molecule has 0 saturated carbocycles. The van der Waals surface area contributed by atoms with Crippen molar-refractivity contribution in [2.24, 2.45) is 0 Å². The number of carboxylic acid groups (broad SMARTS) is 1. The van der Waals surface area contributed by atoms with E-state index in [-0.39, 0.29) is 15.1 Å². The highest BCUT2D eigenvalue weighted by Crippen LogP contribution is 2.32. The standard InChI is InChI=1S/C11H15NO4S2/c1-7-6-9(17-10(7)11(13)14)18(15,16)12-5-3-4-8(12)2/h6,8H,3-5H2,1-2H3,(H,13,14). The summed E-state index contributed by atoms with van der Waals surface area (Å²) in [6.45, 7) is 4.01. The second-order valence-corrected chi connectivity index (χ2v) is 7.66. The van der Waals surface area contributed by atoms with E-state index in [0.29, 0.717) is 12.1 Å². The average Bonchev–Trinajstić information content (AvgIpc) is 2.84. The maximum absolute atomic E-state index is 12.4. The van der Waals surface area contributed by atoms with E-state index < -0.39 is 16.0 Å². The predicted octanol–water partition coefficient (Wildman–Crippen LogP) is 1.93. The van der Waals surface area contributed by atoms with Crippen LogP contribution in [0.4, 0.5) is 0 Å². The van der Waals surface area contributed by atoms with Crippen molar-refractivity contribution in [1.29, 1.82) is 0 Å². The Morgan fingerprint density at radius 3 is 2.67 bits per heavy atom. The highest BCUT2D eigenvalue weighted by Gasteiger charge is 2.34. The molecule has 1 aromatic heterocycles. The summed E-state index contributed by atoms with van der Waals surface area (Å²) in [6.07, 6.45) is 1.71. The van der Waals surface area contributed by atoms with Crippen molar-refractivity contribution in [2.75, 3.05) is 6.54 Å². The van der Waals surface area contributed by atoms with Crippen LogP contribution in [0.5, 0.6) is 0 Å². The van der Waals surface area contributed by atoms with Crippen LogP contribution in [0.15, 0.2) is 10.3 Å². The second kappa shape index (κ2) is 4.64. The Bertz CT molecular complexity index is 576. The van der Waals surface area contributed by atoms with Gasteiger partial charge in [-0.2, -0.15) is 4.31 Å². The van der Waals surface area contributed by atoms with E-state index in [0.717, 1.165) is 24.2 Å². The van der Waals surface area contributed by atoms with Crippen molar-refractivity contribution >= 4 is 27.3 Å². The molecule has 1 aromatic rings. The summed E-state index contributed by atoms with van der Waals surface area (Å²) in [7, 11) is -3.53. The van der Waals surface area contributed by atoms with Crippen LogP contribution in [0.2, 0.25) is 0 Å². The molecule has 2 heterocycles. The van der Waals surface area contributed by atoms with E-state index in [4.69, 9.17) is 5.11 Å². The molecule has 0 amide bonds. The average molecular weight is 289 g/mol. The Morgan fingerprint density at radius 2 is 2.22 bits per heavy atom. The maximum Gasteiger partial charge on any atom is 0.346 e. The van der Waals surface area contributed by atoms with E-state index in [1.165, 1.54) is 10.4 Å². The first-order valence-electron chi connectivity index (χ1n) is 5.69. The number of hydrogen-bond donors (Lipinski definition) is 1. The Balaban J connectivity index is 2.42. The van der Waals surface area contributed by atoms with Gasteiger partial charge in [-0.1, -0.05) is 0 Å². The zero-order valence-electron chi connectivity index (χ0n) is 10.2. The molecular weight excluding hydrogens is 274 g/mol. The lowest BCUT2D eigenvalue weighted by atomic mass is 10.3. The lowest BCUT2D eigenvalue weighted by molar-refractivity contribution is 0.0701. The molecule has 7 heteroatoms. The number of carbonyl (C=O) groups is 1. The molecule has 0 radical (unpaired) electrons. The molecule has 0 aliphatic carbocycles. The van der Waals surface area contributed by atoms with Crippen LogP contribution in [0.3, 0.4) is 0 Å². The Morgan fingerprint density at radius 1 is 1.56 bits per heavy atom. The molecule has 0 aromatic carbocycles. The van der Waals surface area contributed by atoms with E-state index in [1.54, 1.807) is 6.92 Å². The van der Waals surface area contributed by atoms with Gasteiger partial charge in [0.2, 0.25) is 0 Å². The molecule has 1 aliphatic rings. The molecule has 1 N–H and O–H groups in total. The van der Waals surface area contributed by atoms with Crippen LogP contribution in [-0.2, 0) is 10.0 Å². The van der Waals surface area contributed by atoms with Crippen molar-refractivity contribution in [3.05, 3.63) is 16.5 Å². The predicted molar refractivity (Wildman–Crippen MR) is 68.6 cm³/mol. The molecule has 1 fully saturated rings. The van der Waals surface area contributed by atoms with Crippen molar-refractivity contribution in [1.82, 2.24) is 4.31 Å². The second-order valence-electron chi connectivity index (χ2n) is 4.49. The van der Waals surface area contributed by atoms with E-state index in [1.807, 2.05) is 6.92 Å². The van der Waals surface area contributed by atoms with Gasteiger partial charge in [-0.15, -0.1) is 11.3 Å². The van der Waals surface area contributed by atoms with Crippen LogP contribution in [0.25, 0.3) is 0 Å². The van der Waals surface area contributed by atoms with Crippen molar-refractivity contribution in [3.63, 3.8) is 0 Å².